The van der Waals surface area contributed by atoms with E-state index in [9.17, 15) is 9.59 Å². The quantitative estimate of drug-likeness (QED) is 0.0443. The second-order valence-corrected chi connectivity index (χ2v) is 13.1. The van der Waals surface area contributed by atoms with Gasteiger partial charge in [0.1, 0.15) is 6.10 Å². The number of carbonyl (C=O) groups excluding carboxylic acids is 1. The lowest BCUT2D eigenvalue weighted by Gasteiger charge is -2.18. The van der Waals surface area contributed by atoms with Crippen LogP contribution in [0.2, 0.25) is 0 Å². The van der Waals surface area contributed by atoms with Crippen LogP contribution in [0.5, 0.6) is 0 Å². The van der Waals surface area contributed by atoms with Gasteiger partial charge in [-0.05, 0) is 64.2 Å². The molecule has 0 heterocycles. The summed E-state index contributed by atoms with van der Waals surface area (Å²) in [6.45, 7) is 4.54. The zero-order valence-electron chi connectivity index (χ0n) is 29.0. The minimum absolute atomic E-state index is 0.00114. The highest BCUT2D eigenvalue weighted by molar-refractivity contribution is 5.69. The summed E-state index contributed by atoms with van der Waals surface area (Å²) in [6.07, 6.45) is 42.3. The first kappa shape index (κ1) is 41.7. The van der Waals surface area contributed by atoms with Gasteiger partial charge in [-0.3, -0.25) is 9.59 Å². The largest absolute Gasteiger partial charge is 0.481 e. The van der Waals surface area contributed by atoms with Gasteiger partial charge in [0, 0.05) is 12.8 Å². The average Bonchev–Trinajstić information content (AvgIpc) is 2.99. The lowest BCUT2D eigenvalue weighted by Crippen LogP contribution is -2.18. The van der Waals surface area contributed by atoms with E-state index in [1.54, 1.807) is 0 Å². The van der Waals surface area contributed by atoms with Gasteiger partial charge in [0.25, 0.3) is 0 Å². The Morgan fingerprint density at radius 1 is 0.488 bits per heavy atom. The van der Waals surface area contributed by atoms with Crippen molar-refractivity contribution in [1.82, 2.24) is 0 Å². The lowest BCUT2D eigenvalue weighted by molar-refractivity contribution is -0.150. The first-order valence-electron chi connectivity index (χ1n) is 19.2. The fraction of sp³-hybridized carbons (Fsp3) is 0.897. The molecule has 0 radical (unpaired) electrons. The number of esters is 1. The molecule has 0 fully saturated rings. The van der Waals surface area contributed by atoms with Crippen molar-refractivity contribution in [2.24, 2.45) is 0 Å². The van der Waals surface area contributed by atoms with E-state index in [4.69, 9.17) is 9.84 Å². The molecule has 0 aliphatic carbocycles. The predicted molar refractivity (Wildman–Crippen MR) is 186 cm³/mol. The Balaban J connectivity index is 3.92. The maximum Gasteiger partial charge on any atom is 0.306 e. The van der Waals surface area contributed by atoms with Crippen molar-refractivity contribution in [3.63, 3.8) is 0 Å². The molecule has 0 amide bonds. The molecule has 4 nitrogen and oxygen atoms in total. The number of hydrogen-bond donors (Lipinski definition) is 1. The molecule has 4 heteroatoms. The average molecular weight is 607 g/mol. The molecule has 254 valence electrons. The second kappa shape index (κ2) is 35.2. The fourth-order valence-corrected chi connectivity index (χ4v) is 5.89. The molecule has 0 aromatic carbocycles. The van der Waals surface area contributed by atoms with Crippen LogP contribution in [0.15, 0.2) is 12.2 Å². The molecule has 1 atom stereocenters. The van der Waals surface area contributed by atoms with Gasteiger partial charge in [-0.15, -0.1) is 0 Å². The van der Waals surface area contributed by atoms with Crippen molar-refractivity contribution < 1.29 is 19.4 Å². The van der Waals surface area contributed by atoms with Crippen LogP contribution < -0.4 is 0 Å². The Hall–Kier alpha value is -1.32. The van der Waals surface area contributed by atoms with Crippen molar-refractivity contribution >= 4 is 11.9 Å². The number of ether oxygens (including phenoxy) is 1. The summed E-state index contributed by atoms with van der Waals surface area (Å²) in [4.78, 5) is 23.3. The van der Waals surface area contributed by atoms with Gasteiger partial charge < -0.3 is 9.84 Å². The summed E-state index contributed by atoms with van der Waals surface area (Å²) in [5.41, 5.74) is 0. The van der Waals surface area contributed by atoms with Gasteiger partial charge in [0.15, 0.2) is 0 Å². The summed E-state index contributed by atoms with van der Waals surface area (Å²) in [6, 6.07) is 0. The zero-order chi connectivity index (χ0) is 31.5. The number of carboxylic acids is 1. The summed E-state index contributed by atoms with van der Waals surface area (Å²) < 4.78 is 5.98. The lowest BCUT2D eigenvalue weighted by atomic mass is 10.0. The van der Waals surface area contributed by atoms with E-state index in [0.29, 0.717) is 6.42 Å². The molecule has 0 saturated carbocycles. The normalized spacial score (nSPS) is 12.2. The van der Waals surface area contributed by atoms with Crippen molar-refractivity contribution in [2.75, 3.05) is 0 Å². The Labute approximate surface area is 268 Å². The SMILES string of the molecule is CCCCCCCC/C=C\CCCCCCCCCC(=O)OC(CCCCCCCCCC)CCCCCCCC(=O)O. The van der Waals surface area contributed by atoms with Crippen LogP contribution in [0.4, 0.5) is 0 Å². The molecule has 0 saturated heterocycles. The maximum atomic E-state index is 12.6. The molecule has 0 aromatic rings. The molecule has 43 heavy (non-hydrogen) atoms. The molecule has 1 unspecified atom stereocenters. The van der Waals surface area contributed by atoms with Gasteiger partial charge >= 0.3 is 11.9 Å². The van der Waals surface area contributed by atoms with Crippen molar-refractivity contribution in [3.8, 4) is 0 Å². The predicted octanol–water partition coefficient (Wildman–Crippen LogP) is 13.1. The van der Waals surface area contributed by atoms with Crippen molar-refractivity contribution in [3.05, 3.63) is 12.2 Å². The van der Waals surface area contributed by atoms with Crippen molar-refractivity contribution in [1.29, 1.82) is 0 Å². The zero-order valence-corrected chi connectivity index (χ0v) is 29.0. The molecule has 0 aliphatic rings. The first-order chi connectivity index (χ1) is 21.1. The van der Waals surface area contributed by atoms with Gasteiger partial charge in [-0.25, -0.2) is 0 Å². The highest BCUT2D eigenvalue weighted by Gasteiger charge is 2.14. The first-order valence-corrected chi connectivity index (χ1v) is 19.2. The van der Waals surface area contributed by atoms with Gasteiger partial charge in [-0.1, -0.05) is 154 Å². The minimum atomic E-state index is -0.699. The summed E-state index contributed by atoms with van der Waals surface area (Å²) >= 11 is 0. The third-order valence-corrected chi connectivity index (χ3v) is 8.74. The van der Waals surface area contributed by atoms with E-state index >= 15 is 0 Å². The maximum absolute atomic E-state index is 12.6. The van der Waals surface area contributed by atoms with Crippen LogP contribution in [-0.4, -0.2) is 23.1 Å². The van der Waals surface area contributed by atoms with Crippen LogP contribution in [-0.2, 0) is 14.3 Å². The number of allylic oxidation sites excluding steroid dienone is 2. The van der Waals surface area contributed by atoms with Crippen LogP contribution in [0.1, 0.15) is 219 Å². The number of hydrogen-bond acceptors (Lipinski definition) is 3. The van der Waals surface area contributed by atoms with Gasteiger partial charge in [0.2, 0.25) is 0 Å². The van der Waals surface area contributed by atoms with E-state index in [1.165, 1.54) is 128 Å². The van der Waals surface area contributed by atoms with Crippen molar-refractivity contribution in [2.45, 2.75) is 225 Å². The molecule has 0 spiro atoms. The van der Waals surface area contributed by atoms with Crippen LogP contribution in [0, 0.1) is 0 Å². The Kier molecular flexibility index (Phi) is 34.1. The highest BCUT2D eigenvalue weighted by atomic mass is 16.5. The topological polar surface area (TPSA) is 63.6 Å². The Bertz CT molecular complexity index is 614. The standard InChI is InChI=1S/C39H74O4/c1-3-5-7-9-11-13-14-15-16-17-18-19-20-21-23-28-32-36-39(42)43-37(33-29-25-22-12-10-8-6-4-2)34-30-26-24-27-31-35-38(40)41/h15-16,37H,3-14,17-36H2,1-2H3,(H,40,41)/b16-15-. The Morgan fingerprint density at radius 2 is 0.837 bits per heavy atom. The molecule has 0 aliphatic heterocycles. The summed E-state index contributed by atoms with van der Waals surface area (Å²) in [5, 5.41) is 8.79. The smallest absolute Gasteiger partial charge is 0.306 e. The van der Waals surface area contributed by atoms with E-state index < -0.39 is 5.97 Å². The van der Waals surface area contributed by atoms with Crippen LogP contribution in [0.3, 0.4) is 0 Å². The minimum Gasteiger partial charge on any atom is -0.481 e. The molecule has 0 bridgehead atoms. The third kappa shape index (κ3) is 35.0. The molecular formula is C39H74O4. The van der Waals surface area contributed by atoms with Crippen LogP contribution >= 0.6 is 0 Å². The number of carboxylic acid groups (broad SMARTS) is 1. The van der Waals surface area contributed by atoms with Gasteiger partial charge in [0.05, 0.1) is 0 Å². The van der Waals surface area contributed by atoms with E-state index in [2.05, 4.69) is 26.0 Å². The molecule has 0 rings (SSSR count). The monoisotopic (exact) mass is 607 g/mol. The molecular weight excluding hydrogens is 532 g/mol. The van der Waals surface area contributed by atoms with E-state index in [-0.39, 0.29) is 18.5 Å². The van der Waals surface area contributed by atoms with E-state index in [0.717, 1.165) is 64.2 Å². The third-order valence-electron chi connectivity index (χ3n) is 8.74. The highest BCUT2D eigenvalue weighted by Crippen LogP contribution is 2.19. The fourth-order valence-electron chi connectivity index (χ4n) is 5.89. The number of aliphatic carboxylic acids is 1. The van der Waals surface area contributed by atoms with Gasteiger partial charge in [-0.2, -0.15) is 0 Å². The number of unbranched alkanes of at least 4 members (excludes halogenated alkanes) is 24. The molecule has 1 N–H and O–H groups in total. The molecule has 0 aromatic heterocycles. The number of carbonyl (C=O) groups is 2. The summed E-state index contributed by atoms with van der Waals surface area (Å²) in [5.74, 6) is -0.701. The van der Waals surface area contributed by atoms with Crippen LogP contribution in [0.25, 0.3) is 0 Å². The number of rotatable bonds is 35. The van der Waals surface area contributed by atoms with E-state index in [1.807, 2.05) is 0 Å². The summed E-state index contributed by atoms with van der Waals surface area (Å²) in [7, 11) is 0. The second-order valence-electron chi connectivity index (χ2n) is 13.1. The Morgan fingerprint density at radius 3 is 1.26 bits per heavy atom.